The van der Waals surface area contributed by atoms with E-state index in [2.05, 4.69) is 10.6 Å². The normalized spacial score (nSPS) is 14.9. The van der Waals surface area contributed by atoms with Crippen LogP contribution in [0.5, 0.6) is 0 Å². The summed E-state index contributed by atoms with van der Waals surface area (Å²) < 4.78 is 5.01. The van der Waals surface area contributed by atoms with Crippen molar-refractivity contribution in [2.45, 2.75) is 51.7 Å². The molecule has 10 heteroatoms. The summed E-state index contributed by atoms with van der Waals surface area (Å²) >= 11 is 0. The maximum atomic E-state index is 11.7. The second kappa shape index (κ2) is 9.70. The number of carboxylic acids is 1. The average Bonchev–Trinajstić information content (AvgIpc) is 2.84. The molecule has 0 aromatic rings. The minimum atomic E-state index is -1.20. The van der Waals surface area contributed by atoms with Gasteiger partial charge in [0.05, 0.1) is 0 Å². The van der Waals surface area contributed by atoms with Gasteiger partial charge in [-0.05, 0) is 33.6 Å². The number of rotatable bonds is 9. The molecule has 0 saturated heterocycles. The summed E-state index contributed by atoms with van der Waals surface area (Å²) in [5.41, 5.74) is -0.741. The van der Waals surface area contributed by atoms with Gasteiger partial charge in [0.25, 0.3) is 11.8 Å². The van der Waals surface area contributed by atoms with E-state index in [-0.39, 0.29) is 31.8 Å². The van der Waals surface area contributed by atoms with E-state index in [0.717, 1.165) is 17.1 Å². The highest BCUT2D eigenvalue weighted by atomic mass is 16.6. The number of nitrogens with zero attached hydrogens (tertiary/aromatic N) is 1. The number of ether oxygens (including phenoxy) is 1. The number of amides is 4. The highest BCUT2D eigenvalue weighted by Gasteiger charge is 2.24. The molecule has 1 aliphatic rings. The standard InChI is InChI=1S/C17H25N3O7/c1-17(2,3)27-16(26)19-11(15(24)25)5-4-9-18-12(21)8-10-20-13(22)6-7-14(20)23/h6-7,11H,4-5,8-10H2,1-3H3,(H,18,21)(H,19,26)(H,24,25). The number of nitrogens with one attached hydrogen (secondary N) is 2. The van der Waals surface area contributed by atoms with Gasteiger partial charge >= 0.3 is 12.1 Å². The zero-order valence-electron chi connectivity index (χ0n) is 15.6. The number of hydrogen-bond acceptors (Lipinski definition) is 6. The van der Waals surface area contributed by atoms with Gasteiger partial charge in [-0.1, -0.05) is 0 Å². The first-order chi connectivity index (χ1) is 12.5. The summed E-state index contributed by atoms with van der Waals surface area (Å²) in [5, 5.41) is 14.0. The summed E-state index contributed by atoms with van der Waals surface area (Å²) in [5.74, 6) is -2.48. The van der Waals surface area contributed by atoms with E-state index < -0.39 is 35.5 Å². The van der Waals surface area contributed by atoms with Crippen LogP contribution in [0.1, 0.15) is 40.0 Å². The second-order valence-electron chi connectivity index (χ2n) is 6.94. The molecule has 0 radical (unpaired) electrons. The van der Waals surface area contributed by atoms with Crippen LogP contribution in [-0.2, 0) is 23.9 Å². The smallest absolute Gasteiger partial charge is 0.408 e. The Balaban J connectivity index is 2.28. The van der Waals surface area contributed by atoms with Gasteiger partial charge in [0.1, 0.15) is 11.6 Å². The van der Waals surface area contributed by atoms with E-state index in [1.807, 2.05) is 0 Å². The molecular weight excluding hydrogens is 358 g/mol. The number of carbonyl (C=O) groups excluding carboxylic acids is 4. The minimum absolute atomic E-state index is 0.0194. The third-order valence-electron chi connectivity index (χ3n) is 3.44. The number of carboxylic acid groups (broad SMARTS) is 1. The summed E-state index contributed by atoms with van der Waals surface area (Å²) in [6.45, 7) is 5.17. The predicted molar refractivity (Wildman–Crippen MR) is 93.5 cm³/mol. The van der Waals surface area contributed by atoms with Gasteiger partial charge in [0.15, 0.2) is 0 Å². The van der Waals surface area contributed by atoms with Crippen molar-refractivity contribution in [2.24, 2.45) is 0 Å². The SMILES string of the molecule is CC(C)(C)OC(=O)NC(CCCNC(=O)CCN1C(=O)C=CC1=O)C(=O)O. The van der Waals surface area contributed by atoms with Gasteiger partial charge in [-0.3, -0.25) is 19.3 Å². The molecule has 10 nitrogen and oxygen atoms in total. The van der Waals surface area contributed by atoms with Crippen LogP contribution in [0.2, 0.25) is 0 Å². The first-order valence-electron chi connectivity index (χ1n) is 8.52. The molecule has 0 aromatic carbocycles. The van der Waals surface area contributed by atoms with Gasteiger partial charge in [-0.15, -0.1) is 0 Å². The Labute approximate surface area is 156 Å². The Bertz CT molecular complexity index is 619. The molecule has 3 N–H and O–H groups in total. The lowest BCUT2D eigenvalue weighted by Gasteiger charge is -2.22. The van der Waals surface area contributed by atoms with Crippen LogP contribution in [0.25, 0.3) is 0 Å². The van der Waals surface area contributed by atoms with E-state index >= 15 is 0 Å². The Morgan fingerprint density at radius 1 is 1.19 bits per heavy atom. The van der Waals surface area contributed by atoms with E-state index in [1.54, 1.807) is 20.8 Å². The quantitative estimate of drug-likeness (QED) is 0.381. The fraction of sp³-hybridized carbons (Fsp3) is 0.588. The van der Waals surface area contributed by atoms with Crippen molar-refractivity contribution in [3.63, 3.8) is 0 Å². The van der Waals surface area contributed by atoms with Crippen LogP contribution in [-0.4, -0.2) is 64.5 Å². The van der Waals surface area contributed by atoms with E-state index in [1.165, 1.54) is 0 Å². The maximum Gasteiger partial charge on any atom is 0.408 e. The van der Waals surface area contributed by atoms with Crippen molar-refractivity contribution < 1.29 is 33.8 Å². The molecule has 150 valence electrons. The summed E-state index contributed by atoms with van der Waals surface area (Å²) in [6, 6.07) is -1.14. The van der Waals surface area contributed by atoms with Gasteiger partial charge in [0, 0.05) is 31.7 Å². The Morgan fingerprint density at radius 2 is 1.78 bits per heavy atom. The molecule has 1 aliphatic heterocycles. The molecule has 0 fully saturated rings. The van der Waals surface area contributed by atoms with Crippen LogP contribution in [0, 0.1) is 0 Å². The highest BCUT2D eigenvalue weighted by Crippen LogP contribution is 2.08. The first kappa shape index (κ1) is 22.1. The predicted octanol–water partition coefficient (Wildman–Crippen LogP) is 0.176. The average molecular weight is 383 g/mol. The van der Waals surface area contributed by atoms with Crippen LogP contribution in [0.3, 0.4) is 0 Å². The number of aliphatic carboxylic acids is 1. The monoisotopic (exact) mass is 383 g/mol. The lowest BCUT2D eigenvalue weighted by molar-refractivity contribution is -0.140. The lowest BCUT2D eigenvalue weighted by atomic mass is 10.1. The van der Waals surface area contributed by atoms with Crippen molar-refractivity contribution in [2.75, 3.05) is 13.1 Å². The van der Waals surface area contributed by atoms with Crippen LogP contribution in [0.4, 0.5) is 4.79 Å². The lowest BCUT2D eigenvalue weighted by Crippen LogP contribution is -2.43. The van der Waals surface area contributed by atoms with Crippen molar-refractivity contribution in [1.29, 1.82) is 0 Å². The third-order valence-corrected chi connectivity index (χ3v) is 3.44. The Hall–Kier alpha value is -2.91. The minimum Gasteiger partial charge on any atom is -0.480 e. The molecule has 4 amide bonds. The summed E-state index contributed by atoms with van der Waals surface area (Å²) in [7, 11) is 0. The molecule has 0 saturated carbocycles. The zero-order valence-corrected chi connectivity index (χ0v) is 15.6. The molecule has 0 spiro atoms. The van der Waals surface area contributed by atoms with Crippen LogP contribution >= 0.6 is 0 Å². The molecule has 0 bridgehead atoms. The summed E-state index contributed by atoms with van der Waals surface area (Å²) in [4.78, 5) is 58.3. The maximum absolute atomic E-state index is 11.7. The van der Waals surface area contributed by atoms with Crippen LogP contribution in [0.15, 0.2) is 12.2 Å². The fourth-order valence-corrected chi connectivity index (χ4v) is 2.19. The highest BCUT2D eigenvalue weighted by molar-refractivity contribution is 6.13. The van der Waals surface area contributed by atoms with Crippen LogP contribution < -0.4 is 10.6 Å². The second-order valence-corrected chi connectivity index (χ2v) is 6.94. The van der Waals surface area contributed by atoms with Gasteiger partial charge in [-0.2, -0.15) is 0 Å². The van der Waals surface area contributed by atoms with E-state index in [9.17, 15) is 24.0 Å². The number of hydrogen-bond donors (Lipinski definition) is 3. The fourth-order valence-electron chi connectivity index (χ4n) is 2.19. The molecule has 1 heterocycles. The molecule has 1 atom stereocenters. The topological polar surface area (TPSA) is 142 Å². The van der Waals surface area contributed by atoms with Crippen molar-refractivity contribution in [3.8, 4) is 0 Å². The molecule has 1 rings (SSSR count). The molecule has 0 aromatic heterocycles. The van der Waals surface area contributed by atoms with Gasteiger partial charge in [0.2, 0.25) is 5.91 Å². The van der Waals surface area contributed by atoms with Crippen molar-refractivity contribution in [3.05, 3.63) is 12.2 Å². The first-order valence-corrected chi connectivity index (χ1v) is 8.52. The molecule has 1 unspecified atom stereocenters. The molecule has 0 aliphatic carbocycles. The van der Waals surface area contributed by atoms with E-state index in [0.29, 0.717) is 6.42 Å². The Morgan fingerprint density at radius 3 is 2.30 bits per heavy atom. The number of carbonyl (C=O) groups is 5. The van der Waals surface area contributed by atoms with E-state index in [4.69, 9.17) is 9.84 Å². The largest absolute Gasteiger partial charge is 0.480 e. The summed E-state index contributed by atoms with van der Waals surface area (Å²) in [6.07, 6.45) is 1.82. The number of imide groups is 1. The molecule has 27 heavy (non-hydrogen) atoms. The number of alkyl carbamates (subject to hydrolysis) is 1. The molecular formula is C17H25N3O7. The zero-order chi connectivity index (χ0) is 20.6. The van der Waals surface area contributed by atoms with Gasteiger partial charge < -0.3 is 20.5 Å². The van der Waals surface area contributed by atoms with Crippen molar-refractivity contribution >= 4 is 29.8 Å². The van der Waals surface area contributed by atoms with Gasteiger partial charge in [-0.25, -0.2) is 9.59 Å². The third kappa shape index (κ3) is 8.34. The van der Waals surface area contributed by atoms with Crippen molar-refractivity contribution in [1.82, 2.24) is 15.5 Å². The Kier molecular flexibility index (Phi) is 7.95.